The van der Waals surface area contributed by atoms with Crippen molar-refractivity contribution in [2.24, 2.45) is 0 Å². The summed E-state index contributed by atoms with van der Waals surface area (Å²) >= 11 is 1.47. The van der Waals surface area contributed by atoms with Gasteiger partial charge in [-0.3, -0.25) is 9.36 Å². The number of aromatic nitrogens is 4. The molecule has 9 nitrogen and oxygen atoms in total. The van der Waals surface area contributed by atoms with Crippen LogP contribution >= 0.6 is 11.8 Å². The molecule has 0 unspecified atom stereocenters. The van der Waals surface area contributed by atoms with Crippen LogP contribution in [-0.4, -0.2) is 63.8 Å². The van der Waals surface area contributed by atoms with Crippen molar-refractivity contribution in [3.63, 3.8) is 0 Å². The van der Waals surface area contributed by atoms with E-state index in [4.69, 9.17) is 9.15 Å². The molecule has 1 saturated heterocycles. The number of ether oxygens (including phenoxy) is 1. The van der Waals surface area contributed by atoms with Crippen LogP contribution in [0.1, 0.15) is 27.8 Å². The molecule has 0 spiro atoms. The van der Waals surface area contributed by atoms with E-state index >= 15 is 0 Å². The van der Waals surface area contributed by atoms with E-state index in [9.17, 15) is 4.79 Å². The third-order valence-electron chi connectivity index (χ3n) is 6.19. The first kappa shape index (κ1) is 23.9. The second kappa shape index (κ2) is 10.4. The molecule has 2 aromatic carbocycles. The summed E-state index contributed by atoms with van der Waals surface area (Å²) in [6, 6.07) is 16.2. The van der Waals surface area contributed by atoms with Crippen LogP contribution in [0.15, 0.2) is 64.4 Å². The summed E-state index contributed by atoms with van der Waals surface area (Å²) in [4.78, 5) is 21.6. The molecule has 1 aliphatic rings. The fraction of sp³-hybridized carbons (Fsp3) is 0.308. The van der Waals surface area contributed by atoms with Gasteiger partial charge in [-0.15, -0.1) is 10.2 Å². The Kier molecular flexibility index (Phi) is 6.95. The Morgan fingerprint density at radius 3 is 2.36 bits per heavy atom. The number of thioether (sulfide) groups is 1. The van der Waals surface area contributed by atoms with E-state index < -0.39 is 0 Å². The molecule has 0 aliphatic carbocycles. The monoisotopic (exact) mass is 504 g/mol. The third-order valence-corrected chi connectivity index (χ3v) is 7.10. The summed E-state index contributed by atoms with van der Waals surface area (Å²) in [5, 5.41) is 9.28. The second-order valence-electron chi connectivity index (χ2n) is 8.59. The van der Waals surface area contributed by atoms with Crippen molar-refractivity contribution in [3.8, 4) is 11.4 Å². The minimum atomic E-state index is -0.108. The van der Waals surface area contributed by atoms with Crippen molar-refractivity contribution in [2.45, 2.75) is 24.8 Å². The average molecular weight is 505 g/mol. The molecule has 5 rings (SSSR count). The zero-order chi connectivity index (χ0) is 25.1. The van der Waals surface area contributed by atoms with Crippen LogP contribution < -0.4 is 9.64 Å². The van der Waals surface area contributed by atoms with Gasteiger partial charge in [-0.25, -0.2) is 4.98 Å². The molecule has 186 valence electrons. The number of hydrogen-bond donors (Lipinski definition) is 0. The molecule has 0 radical (unpaired) electrons. The lowest BCUT2D eigenvalue weighted by Crippen LogP contribution is -2.48. The molecular weight excluding hydrogens is 476 g/mol. The van der Waals surface area contributed by atoms with E-state index in [-0.39, 0.29) is 5.91 Å². The summed E-state index contributed by atoms with van der Waals surface area (Å²) < 4.78 is 12.9. The lowest BCUT2D eigenvalue weighted by atomic mass is 10.2. The van der Waals surface area contributed by atoms with Crippen LogP contribution in [0.5, 0.6) is 5.75 Å². The minimum Gasteiger partial charge on any atom is -0.497 e. The predicted molar refractivity (Wildman–Crippen MR) is 138 cm³/mol. The Bertz CT molecular complexity index is 1320. The van der Waals surface area contributed by atoms with Crippen LogP contribution in [-0.2, 0) is 5.75 Å². The van der Waals surface area contributed by atoms with Gasteiger partial charge < -0.3 is 19.0 Å². The van der Waals surface area contributed by atoms with Crippen LogP contribution in [0, 0.1) is 13.8 Å². The average Bonchev–Trinajstić information content (AvgIpc) is 3.54. The van der Waals surface area contributed by atoms with Crippen molar-refractivity contribution >= 4 is 23.4 Å². The fourth-order valence-corrected chi connectivity index (χ4v) is 5.00. The first-order chi connectivity index (χ1) is 17.5. The number of hydrogen-bond acceptors (Lipinski definition) is 8. The van der Waals surface area contributed by atoms with Crippen LogP contribution in [0.4, 0.5) is 5.69 Å². The highest BCUT2D eigenvalue weighted by atomic mass is 32.2. The molecule has 4 aromatic rings. The maximum atomic E-state index is 13.0. The fourth-order valence-electron chi connectivity index (χ4n) is 4.15. The number of piperazine rings is 1. The number of benzene rings is 2. The van der Waals surface area contributed by atoms with Crippen molar-refractivity contribution < 1.29 is 13.9 Å². The highest BCUT2D eigenvalue weighted by Crippen LogP contribution is 2.26. The number of anilines is 1. The van der Waals surface area contributed by atoms with E-state index in [1.54, 1.807) is 7.11 Å². The highest BCUT2D eigenvalue weighted by Gasteiger charge is 2.25. The Morgan fingerprint density at radius 2 is 1.67 bits per heavy atom. The van der Waals surface area contributed by atoms with Gasteiger partial charge in [-0.05, 0) is 50.2 Å². The molecule has 1 amide bonds. The smallest absolute Gasteiger partial charge is 0.275 e. The first-order valence-corrected chi connectivity index (χ1v) is 12.7. The van der Waals surface area contributed by atoms with E-state index in [2.05, 4.69) is 39.1 Å². The first-order valence-electron chi connectivity index (χ1n) is 11.8. The van der Waals surface area contributed by atoms with Gasteiger partial charge in [0, 0.05) is 37.6 Å². The van der Waals surface area contributed by atoms with E-state index in [1.807, 2.05) is 52.8 Å². The molecule has 0 N–H and O–H groups in total. The number of rotatable bonds is 7. The lowest BCUT2D eigenvalue weighted by molar-refractivity contribution is 0.0741. The molecular formula is C26H28N6O3S. The van der Waals surface area contributed by atoms with Gasteiger partial charge in [-0.2, -0.15) is 0 Å². The van der Waals surface area contributed by atoms with Gasteiger partial charge in [0.05, 0.1) is 12.9 Å². The van der Waals surface area contributed by atoms with Crippen molar-refractivity contribution in [1.82, 2.24) is 24.6 Å². The molecule has 3 heterocycles. The zero-order valence-corrected chi connectivity index (χ0v) is 21.4. The zero-order valence-electron chi connectivity index (χ0n) is 20.5. The molecule has 36 heavy (non-hydrogen) atoms. The Hall–Kier alpha value is -3.79. The van der Waals surface area contributed by atoms with Crippen LogP contribution in [0.25, 0.3) is 5.69 Å². The highest BCUT2D eigenvalue weighted by molar-refractivity contribution is 7.98. The summed E-state index contributed by atoms with van der Waals surface area (Å²) in [7, 11) is 1.66. The predicted octanol–water partition coefficient (Wildman–Crippen LogP) is 4.14. The summed E-state index contributed by atoms with van der Waals surface area (Å²) in [5.74, 6) is 2.46. The van der Waals surface area contributed by atoms with Gasteiger partial charge in [0.15, 0.2) is 10.9 Å². The molecule has 0 saturated carbocycles. The maximum Gasteiger partial charge on any atom is 0.275 e. The summed E-state index contributed by atoms with van der Waals surface area (Å²) in [6.45, 7) is 6.74. The maximum absolute atomic E-state index is 13.0. The van der Waals surface area contributed by atoms with Gasteiger partial charge >= 0.3 is 0 Å². The topological polar surface area (TPSA) is 89.5 Å². The van der Waals surface area contributed by atoms with Gasteiger partial charge in [0.1, 0.15) is 17.8 Å². The standard InChI is InChI=1S/C26H28N6O3S/c1-18-4-6-21(7-5-18)32-19(2)28-29-26(32)36-17-24-27-23(16-35-24)25(33)31-14-12-30(13-15-31)20-8-10-22(34-3)11-9-20/h4-11,16H,12-15,17H2,1-3H3. The number of nitrogens with zero attached hydrogens (tertiary/aromatic N) is 6. The number of methoxy groups -OCH3 is 1. The molecule has 0 atom stereocenters. The summed E-state index contributed by atoms with van der Waals surface area (Å²) in [6.07, 6.45) is 1.45. The number of carbonyl (C=O) groups excluding carboxylic acids is 1. The number of carbonyl (C=O) groups is 1. The van der Waals surface area contributed by atoms with Crippen molar-refractivity contribution in [2.75, 3.05) is 38.2 Å². The Balaban J connectivity index is 1.18. The third kappa shape index (κ3) is 5.08. The molecule has 1 fully saturated rings. The van der Waals surface area contributed by atoms with Gasteiger partial charge in [0.2, 0.25) is 5.89 Å². The van der Waals surface area contributed by atoms with Gasteiger partial charge in [0.25, 0.3) is 5.91 Å². The Labute approximate surface area is 214 Å². The molecule has 0 bridgehead atoms. The molecule has 10 heteroatoms. The number of aryl methyl sites for hydroxylation is 2. The number of oxazole rings is 1. The second-order valence-corrected chi connectivity index (χ2v) is 9.54. The van der Waals surface area contributed by atoms with Crippen LogP contribution in [0.2, 0.25) is 0 Å². The van der Waals surface area contributed by atoms with Crippen LogP contribution in [0.3, 0.4) is 0 Å². The van der Waals surface area contributed by atoms with E-state index in [1.165, 1.54) is 23.6 Å². The molecule has 2 aromatic heterocycles. The minimum absolute atomic E-state index is 0.108. The SMILES string of the molecule is COc1ccc(N2CCN(C(=O)c3coc(CSc4nnc(C)n4-c4ccc(C)cc4)n3)CC2)cc1. The lowest BCUT2D eigenvalue weighted by Gasteiger charge is -2.35. The Morgan fingerprint density at radius 1 is 0.972 bits per heavy atom. The number of amides is 1. The largest absolute Gasteiger partial charge is 0.497 e. The van der Waals surface area contributed by atoms with Gasteiger partial charge in [-0.1, -0.05) is 29.5 Å². The van der Waals surface area contributed by atoms with Crippen molar-refractivity contribution in [3.05, 3.63) is 77.8 Å². The van der Waals surface area contributed by atoms with E-state index in [0.717, 1.165) is 41.2 Å². The normalized spacial score (nSPS) is 13.8. The summed E-state index contributed by atoms with van der Waals surface area (Å²) in [5.41, 5.74) is 3.65. The van der Waals surface area contributed by atoms with E-state index in [0.29, 0.717) is 30.4 Å². The quantitative estimate of drug-likeness (QED) is 0.347. The van der Waals surface area contributed by atoms with Crippen molar-refractivity contribution in [1.29, 1.82) is 0 Å². The molecule has 1 aliphatic heterocycles.